The molecule has 1 saturated heterocycles. The Hall–Kier alpha value is -1.48. The van der Waals surface area contributed by atoms with Crippen molar-refractivity contribution in [2.45, 2.75) is 91.0 Å². The molecule has 154 valence electrons. The largest absolute Gasteiger partial charge is 0.496 e. The van der Waals surface area contributed by atoms with E-state index in [2.05, 4.69) is 4.98 Å². The van der Waals surface area contributed by atoms with Crippen LogP contribution in [0, 0.1) is 0 Å². The first kappa shape index (κ1) is 21.2. The number of rotatable bonds is 3. The van der Waals surface area contributed by atoms with Crippen LogP contribution >= 0.6 is 0 Å². The van der Waals surface area contributed by atoms with E-state index in [0.29, 0.717) is 12.1 Å². The standard InChI is InChI=1S/C20H31BN2O5/c1-12(17(25)26-18(2,3)4)23-11-15-14(16(23)24)9-13(10-22-15)21-27-19(5,6)20(7,8)28-21/h9-10,12,16,24H,11H2,1-8H3/t12-,16?/m1/s1. The number of carbonyl (C=O) groups is 1. The van der Waals surface area contributed by atoms with Crippen LogP contribution in [0.5, 0.6) is 0 Å². The van der Waals surface area contributed by atoms with E-state index >= 15 is 0 Å². The van der Waals surface area contributed by atoms with Crippen LogP contribution in [0.4, 0.5) is 0 Å². The molecule has 0 spiro atoms. The lowest BCUT2D eigenvalue weighted by molar-refractivity contribution is -0.165. The number of aliphatic hydroxyl groups is 1. The second kappa shape index (κ2) is 6.80. The van der Waals surface area contributed by atoms with Gasteiger partial charge in [0, 0.05) is 23.8 Å². The van der Waals surface area contributed by atoms with Gasteiger partial charge in [-0.05, 0) is 55.4 Å². The number of pyridine rings is 1. The first-order chi connectivity index (χ1) is 12.7. The van der Waals surface area contributed by atoms with Crippen molar-refractivity contribution >= 4 is 18.6 Å². The molecular formula is C20H31BN2O5. The molecule has 2 aliphatic rings. The van der Waals surface area contributed by atoms with E-state index < -0.39 is 36.2 Å². The highest BCUT2D eigenvalue weighted by Gasteiger charge is 2.52. The fourth-order valence-corrected chi connectivity index (χ4v) is 3.30. The molecule has 1 aromatic heterocycles. The second-order valence-corrected chi connectivity index (χ2v) is 9.65. The zero-order valence-electron chi connectivity index (χ0n) is 18.1. The van der Waals surface area contributed by atoms with Gasteiger partial charge >= 0.3 is 13.1 Å². The number of hydrogen-bond acceptors (Lipinski definition) is 7. The van der Waals surface area contributed by atoms with E-state index in [1.165, 1.54) is 0 Å². The van der Waals surface area contributed by atoms with E-state index in [9.17, 15) is 9.90 Å². The molecule has 3 heterocycles. The maximum atomic E-state index is 12.4. The van der Waals surface area contributed by atoms with Crippen molar-refractivity contribution < 1.29 is 23.9 Å². The Morgan fingerprint density at radius 2 is 1.89 bits per heavy atom. The lowest BCUT2D eigenvalue weighted by Crippen LogP contribution is -2.41. The highest BCUT2D eigenvalue weighted by molar-refractivity contribution is 6.62. The van der Waals surface area contributed by atoms with Crippen molar-refractivity contribution in [3.05, 3.63) is 23.5 Å². The van der Waals surface area contributed by atoms with Crippen LogP contribution in [0.2, 0.25) is 0 Å². The number of hydrogen-bond donors (Lipinski definition) is 1. The van der Waals surface area contributed by atoms with Crippen LogP contribution in [-0.4, -0.2) is 50.9 Å². The smallest absolute Gasteiger partial charge is 0.459 e. The van der Waals surface area contributed by atoms with Crippen LogP contribution in [0.15, 0.2) is 12.3 Å². The molecule has 0 aromatic carbocycles. The van der Waals surface area contributed by atoms with Crippen LogP contribution in [0.25, 0.3) is 0 Å². The van der Waals surface area contributed by atoms with Gasteiger partial charge in [0.05, 0.1) is 16.9 Å². The Balaban J connectivity index is 1.78. The van der Waals surface area contributed by atoms with Crippen molar-refractivity contribution in [1.82, 2.24) is 9.88 Å². The first-order valence-corrected chi connectivity index (χ1v) is 9.73. The summed E-state index contributed by atoms with van der Waals surface area (Å²) in [4.78, 5) is 18.6. The van der Waals surface area contributed by atoms with Crippen LogP contribution in [-0.2, 0) is 25.4 Å². The topological polar surface area (TPSA) is 81.1 Å². The van der Waals surface area contributed by atoms with Gasteiger partial charge in [0.2, 0.25) is 0 Å². The number of carbonyl (C=O) groups excluding carboxylic acids is 1. The highest BCUT2D eigenvalue weighted by Crippen LogP contribution is 2.37. The predicted octanol–water partition coefficient (Wildman–Crippen LogP) is 1.92. The maximum Gasteiger partial charge on any atom is 0.496 e. The number of ether oxygens (including phenoxy) is 1. The summed E-state index contributed by atoms with van der Waals surface area (Å²) < 4.78 is 17.6. The summed E-state index contributed by atoms with van der Waals surface area (Å²) in [7, 11) is -0.549. The minimum absolute atomic E-state index is 0.370. The number of fused-ring (bicyclic) bond motifs is 1. The minimum atomic E-state index is -0.938. The summed E-state index contributed by atoms with van der Waals surface area (Å²) in [5, 5.41) is 10.8. The predicted molar refractivity (Wildman–Crippen MR) is 106 cm³/mol. The zero-order valence-corrected chi connectivity index (χ0v) is 18.1. The Labute approximate surface area is 167 Å². The number of aliphatic hydroxyl groups excluding tert-OH is 1. The van der Waals surface area contributed by atoms with Gasteiger partial charge in [0.1, 0.15) is 17.9 Å². The third-order valence-corrected chi connectivity index (χ3v) is 5.72. The molecule has 28 heavy (non-hydrogen) atoms. The van der Waals surface area contributed by atoms with Gasteiger partial charge in [-0.3, -0.25) is 14.7 Å². The summed E-state index contributed by atoms with van der Waals surface area (Å²) >= 11 is 0. The third-order valence-electron chi connectivity index (χ3n) is 5.72. The second-order valence-electron chi connectivity index (χ2n) is 9.65. The van der Waals surface area contributed by atoms with Gasteiger partial charge in [-0.2, -0.15) is 0 Å². The van der Waals surface area contributed by atoms with Crippen molar-refractivity contribution in [2.75, 3.05) is 0 Å². The molecule has 8 heteroatoms. The molecule has 1 N–H and O–H groups in total. The SMILES string of the molecule is C[C@H](C(=O)OC(C)(C)C)N1Cc2ncc(B3OC(C)(C)C(C)(C)O3)cc2C1O. The fraction of sp³-hybridized carbons (Fsp3) is 0.700. The molecule has 1 unspecified atom stereocenters. The highest BCUT2D eigenvalue weighted by atomic mass is 16.7. The van der Waals surface area contributed by atoms with E-state index in [1.807, 2.05) is 54.5 Å². The Kier molecular flexibility index (Phi) is 5.16. The molecule has 0 radical (unpaired) electrons. The van der Waals surface area contributed by atoms with Gasteiger partial charge in [-0.25, -0.2) is 0 Å². The monoisotopic (exact) mass is 390 g/mol. The number of aromatic nitrogens is 1. The molecule has 2 aliphatic heterocycles. The summed E-state index contributed by atoms with van der Waals surface area (Å²) in [6, 6.07) is 1.26. The molecule has 0 bridgehead atoms. The van der Waals surface area contributed by atoms with Crippen molar-refractivity contribution in [1.29, 1.82) is 0 Å². The van der Waals surface area contributed by atoms with Crippen LogP contribution < -0.4 is 5.46 Å². The molecule has 2 atom stereocenters. The first-order valence-electron chi connectivity index (χ1n) is 9.73. The molecular weight excluding hydrogens is 359 g/mol. The normalized spacial score (nSPS) is 24.9. The Bertz CT molecular complexity index is 758. The lowest BCUT2D eigenvalue weighted by Gasteiger charge is -2.32. The van der Waals surface area contributed by atoms with Crippen LogP contribution in [0.3, 0.4) is 0 Å². The van der Waals surface area contributed by atoms with Gasteiger partial charge < -0.3 is 19.2 Å². The van der Waals surface area contributed by atoms with Crippen molar-refractivity contribution in [2.24, 2.45) is 0 Å². The number of nitrogens with zero attached hydrogens (tertiary/aromatic N) is 2. The average molecular weight is 390 g/mol. The molecule has 0 saturated carbocycles. The Morgan fingerprint density at radius 1 is 1.32 bits per heavy atom. The van der Waals surface area contributed by atoms with Gasteiger partial charge in [0.15, 0.2) is 0 Å². The molecule has 0 amide bonds. The fourth-order valence-electron chi connectivity index (χ4n) is 3.30. The molecule has 3 rings (SSSR count). The van der Waals surface area contributed by atoms with Crippen LogP contribution in [0.1, 0.15) is 72.9 Å². The van der Waals surface area contributed by atoms with Crippen molar-refractivity contribution in [3.63, 3.8) is 0 Å². The molecule has 0 aliphatic carbocycles. The van der Waals surface area contributed by atoms with E-state index in [0.717, 1.165) is 11.2 Å². The molecule has 1 fully saturated rings. The van der Waals surface area contributed by atoms with E-state index in [-0.39, 0.29) is 5.97 Å². The Morgan fingerprint density at radius 3 is 2.43 bits per heavy atom. The van der Waals surface area contributed by atoms with Gasteiger partial charge in [-0.1, -0.05) is 6.07 Å². The van der Waals surface area contributed by atoms with Gasteiger partial charge in [-0.15, -0.1) is 0 Å². The third kappa shape index (κ3) is 3.83. The minimum Gasteiger partial charge on any atom is -0.459 e. The van der Waals surface area contributed by atoms with Gasteiger partial charge in [0.25, 0.3) is 0 Å². The van der Waals surface area contributed by atoms with Crippen molar-refractivity contribution in [3.8, 4) is 0 Å². The number of esters is 1. The lowest BCUT2D eigenvalue weighted by atomic mass is 9.79. The quantitative estimate of drug-likeness (QED) is 0.624. The summed E-state index contributed by atoms with van der Waals surface area (Å²) in [6.07, 6.45) is 0.780. The van der Waals surface area contributed by atoms with E-state index in [1.54, 1.807) is 18.0 Å². The summed E-state index contributed by atoms with van der Waals surface area (Å²) in [6.45, 7) is 15.6. The summed E-state index contributed by atoms with van der Waals surface area (Å²) in [5.74, 6) is -0.370. The maximum absolute atomic E-state index is 12.4. The average Bonchev–Trinajstić information content (AvgIpc) is 2.98. The zero-order chi connectivity index (χ0) is 21.1. The molecule has 1 aromatic rings. The van der Waals surface area contributed by atoms with E-state index in [4.69, 9.17) is 14.0 Å². The summed E-state index contributed by atoms with van der Waals surface area (Å²) in [5.41, 5.74) is 0.679. The molecule has 7 nitrogen and oxygen atoms in total.